The van der Waals surface area contributed by atoms with Gasteiger partial charge in [-0.2, -0.15) is 0 Å². The highest BCUT2D eigenvalue weighted by molar-refractivity contribution is 14.0. The van der Waals surface area contributed by atoms with Crippen LogP contribution < -0.4 is 10.6 Å². The number of nitrogens with one attached hydrogen (secondary N) is 2. The van der Waals surface area contributed by atoms with Crippen LogP contribution in [0.4, 0.5) is 0 Å². The van der Waals surface area contributed by atoms with Crippen LogP contribution in [0.3, 0.4) is 0 Å². The molecule has 1 aromatic heterocycles. The summed E-state index contributed by atoms with van der Waals surface area (Å²) in [7, 11) is 1.84. The van der Waals surface area contributed by atoms with Gasteiger partial charge in [0, 0.05) is 51.3 Å². The molecule has 2 fully saturated rings. The molecule has 2 aliphatic heterocycles. The van der Waals surface area contributed by atoms with Crippen molar-refractivity contribution in [2.75, 3.05) is 53.0 Å². The minimum Gasteiger partial charge on any atom is -0.379 e. The molecule has 0 bridgehead atoms. The Labute approximate surface area is 190 Å². The summed E-state index contributed by atoms with van der Waals surface area (Å²) in [5, 5.41) is 9.07. The van der Waals surface area contributed by atoms with Gasteiger partial charge in [-0.3, -0.25) is 9.89 Å². The van der Waals surface area contributed by atoms with Gasteiger partial charge in [-0.05, 0) is 49.6 Å². The molecule has 3 heterocycles. The van der Waals surface area contributed by atoms with E-state index in [0.717, 1.165) is 58.3 Å². The standard InChI is InChI=1S/C20H34N4O2S.HI/c1-21-20(22-8-4-10-26-18-7-11-25-16-18)23-13-17-5-2-9-24(14-17)15-19-6-3-12-27-19;/h3,6,12,17-18H,2,4-5,7-11,13-16H2,1H3,(H2,21,22,23);1H. The Morgan fingerprint density at radius 2 is 2.32 bits per heavy atom. The first-order valence-corrected chi connectivity index (χ1v) is 11.1. The van der Waals surface area contributed by atoms with Crippen LogP contribution in [-0.2, 0) is 16.0 Å². The number of likely N-dealkylation sites (tertiary alicyclic amines) is 1. The van der Waals surface area contributed by atoms with Crippen molar-refractivity contribution < 1.29 is 9.47 Å². The Morgan fingerprint density at radius 3 is 3.07 bits per heavy atom. The molecule has 0 saturated carbocycles. The summed E-state index contributed by atoms with van der Waals surface area (Å²) < 4.78 is 11.1. The zero-order chi connectivity index (χ0) is 18.7. The molecule has 0 amide bonds. The Hall–Kier alpha value is -0.420. The van der Waals surface area contributed by atoms with Gasteiger partial charge in [-0.1, -0.05) is 6.07 Å². The second-order valence-electron chi connectivity index (χ2n) is 7.41. The molecule has 0 aliphatic carbocycles. The number of ether oxygens (including phenoxy) is 2. The van der Waals surface area contributed by atoms with Crippen molar-refractivity contribution in [3.63, 3.8) is 0 Å². The predicted octanol–water partition coefficient (Wildman–Crippen LogP) is 2.94. The number of aliphatic imine (C=N–C) groups is 1. The van der Waals surface area contributed by atoms with Gasteiger partial charge in [0.2, 0.25) is 0 Å². The SMILES string of the molecule is CN=C(NCCCOC1CCOC1)NCC1CCCN(Cc2cccs2)C1.I. The topological polar surface area (TPSA) is 58.1 Å². The molecule has 2 atom stereocenters. The minimum absolute atomic E-state index is 0. The van der Waals surface area contributed by atoms with E-state index in [9.17, 15) is 0 Å². The highest BCUT2D eigenvalue weighted by Crippen LogP contribution is 2.19. The smallest absolute Gasteiger partial charge is 0.190 e. The first-order chi connectivity index (χ1) is 13.3. The third kappa shape index (κ3) is 8.52. The summed E-state index contributed by atoms with van der Waals surface area (Å²) in [6.07, 6.45) is 4.89. The zero-order valence-electron chi connectivity index (χ0n) is 16.9. The van der Waals surface area contributed by atoms with E-state index in [-0.39, 0.29) is 24.0 Å². The van der Waals surface area contributed by atoms with Crippen LogP contribution in [0.2, 0.25) is 0 Å². The van der Waals surface area contributed by atoms with Crippen molar-refractivity contribution in [3.8, 4) is 0 Å². The normalized spacial score (nSPS) is 23.4. The van der Waals surface area contributed by atoms with Crippen molar-refractivity contribution in [2.45, 2.75) is 38.3 Å². The molecule has 2 N–H and O–H groups in total. The Balaban J connectivity index is 0.00000280. The van der Waals surface area contributed by atoms with Crippen molar-refractivity contribution in [1.29, 1.82) is 0 Å². The zero-order valence-corrected chi connectivity index (χ0v) is 20.0. The van der Waals surface area contributed by atoms with E-state index in [2.05, 4.69) is 38.0 Å². The third-order valence-corrected chi connectivity index (χ3v) is 6.06. The van der Waals surface area contributed by atoms with E-state index in [0.29, 0.717) is 12.0 Å². The molecule has 28 heavy (non-hydrogen) atoms. The number of hydrogen-bond acceptors (Lipinski definition) is 5. The molecule has 6 nitrogen and oxygen atoms in total. The molecular formula is C20H35IN4O2S. The quantitative estimate of drug-likeness (QED) is 0.226. The van der Waals surface area contributed by atoms with E-state index < -0.39 is 0 Å². The number of halogens is 1. The number of thiophene rings is 1. The fraction of sp³-hybridized carbons (Fsp3) is 0.750. The van der Waals surface area contributed by atoms with Gasteiger partial charge in [-0.25, -0.2) is 0 Å². The highest BCUT2D eigenvalue weighted by atomic mass is 127. The van der Waals surface area contributed by atoms with E-state index in [4.69, 9.17) is 9.47 Å². The second-order valence-corrected chi connectivity index (χ2v) is 8.44. The van der Waals surface area contributed by atoms with Crippen LogP contribution in [0.5, 0.6) is 0 Å². The minimum atomic E-state index is 0. The largest absolute Gasteiger partial charge is 0.379 e. The fourth-order valence-corrected chi connectivity index (χ4v) is 4.47. The highest BCUT2D eigenvalue weighted by Gasteiger charge is 2.20. The maximum atomic E-state index is 5.80. The van der Waals surface area contributed by atoms with Gasteiger partial charge in [0.25, 0.3) is 0 Å². The summed E-state index contributed by atoms with van der Waals surface area (Å²) in [6.45, 7) is 7.70. The molecule has 8 heteroatoms. The molecule has 3 rings (SSSR count). The van der Waals surface area contributed by atoms with Crippen LogP contribution >= 0.6 is 35.3 Å². The van der Waals surface area contributed by atoms with Gasteiger partial charge >= 0.3 is 0 Å². The number of piperidine rings is 1. The molecule has 2 unspecified atom stereocenters. The first-order valence-electron chi connectivity index (χ1n) is 10.2. The van der Waals surface area contributed by atoms with Crippen LogP contribution in [-0.4, -0.2) is 70.0 Å². The number of rotatable bonds is 9. The average Bonchev–Trinajstić information content (AvgIpc) is 3.38. The Kier molecular flexibility index (Phi) is 11.7. The summed E-state index contributed by atoms with van der Waals surface area (Å²) in [4.78, 5) is 8.40. The summed E-state index contributed by atoms with van der Waals surface area (Å²) >= 11 is 1.86. The maximum absolute atomic E-state index is 5.80. The summed E-state index contributed by atoms with van der Waals surface area (Å²) in [5.41, 5.74) is 0. The van der Waals surface area contributed by atoms with Gasteiger partial charge in [0.05, 0.1) is 12.7 Å². The number of hydrogen-bond donors (Lipinski definition) is 2. The van der Waals surface area contributed by atoms with Crippen LogP contribution in [0.25, 0.3) is 0 Å². The molecule has 0 radical (unpaired) electrons. The van der Waals surface area contributed by atoms with Gasteiger partial charge in [-0.15, -0.1) is 35.3 Å². The van der Waals surface area contributed by atoms with Crippen molar-refractivity contribution >= 4 is 41.3 Å². The third-order valence-electron chi connectivity index (χ3n) is 5.20. The number of guanidine groups is 1. The first kappa shape index (κ1) is 23.9. The fourth-order valence-electron chi connectivity index (χ4n) is 3.72. The summed E-state index contributed by atoms with van der Waals surface area (Å²) in [5.74, 6) is 1.58. The molecule has 1 aromatic rings. The number of nitrogens with zero attached hydrogens (tertiary/aromatic N) is 2. The van der Waals surface area contributed by atoms with Gasteiger partial charge in [0.15, 0.2) is 5.96 Å². The van der Waals surface area contributed by atoms with Crippen LogP contribution in [0.15, 0.2) is 22.5 Å². The van der Waals surface area contributed by atoms with Crippen LogP contribution in [0, 0.1) is 5.92 Å². The molecule has 2 saturated heterocycles. The average molecular weight is 522 g/mol. The van der Waals surface area contributed by atoms with Gasteiger partial charge < -0.3 is 20.1 Å². The van der Waals surface area contributed by atoms with Crippen molar-refractivity contribution in [1.82, 2.24) is 15.5 Å². The van der Waals surface area contributed by atoms with Gasteiger partial charge in [0.1, 0.15) is 0 Å². The Bertz CT molecular complexity index is 552. The molecule has 2 aliphatic rings. The van der Waals surface area contributed by atoms with Crippen molar-refractivity contribution in [3.05, 3.63) is 22.4 Å². The lowest BCUT2D eigenvalue weighted by Gasteiger charge is -2.32. The molecule has 0 aromatic carbocycles. The van der Waals surface area contributed by atoms with Crippen molar-refractivity contribution in [2.24, 2.45) is 10.9 Å². The maximum Gasteiger partial charge on any atom is 0.190 e. The van der Waals surface area contributed by atoms with E-state index >= 15 is 0 Å². The monoisotopic (exact) mass is 522 g/mol. The Morgan fingerprint density at radius 1 is 1.39 bits per heavy atom. The lowest BCUT2D eigenvalue weighted by atomic mass is 9.98. The predicted molar refractivity (Wildman–Crippen MR) is 127 cm³/mol. The second kappa shape index (κ2) is 13.7. The van der Waals surface area contributed by atoms with E-state index in [1.807, 2.05) is 18.4 Å². The summed E-state index contributed by atoms with van der Waals surface area (Å²) in [6, 6.07) is 4.38. The molecule has 0 spiro atoms. The van der Waals surface area contributed by atoms with E-state index in [1.54, 1.807) is 0 Å². The lowest BCUT2D eigenvalue weighted by Crippen LogP contribution is -2.44. The lowest BCUT2D eigenvalue weighted by molar-refractivity contribution is 0.0420. The molecular weight excluding hydrogens is 487 g/mol. The van der Waals surface area contributed by atoms with Crippen LogP contribution in [0.1, 0.15) is 30.6 Å². The van der Waals surface area contributed by atoms with E-state index in [1.165, 1.54) is 30.8 Å². The molecule has 160 valence electrons.